The number of aromatic nitrogens is 4. The van der Waals surface area contributed by atoms with Gasteiger partial charge in [-0.15, -0.1) is 0 Å². The van der Waals surface area contributed by atoms with Gasteiger partial charge in [-0.3, -0.25) is 4.68 Å². The summed E-state index contributed by atoms with van der Waals surface area (Å²) in [6.45, 7) is 6.15. The molecule has 0 saturated heterocycles. The first-order chi connectivity index (χ1) is 8.91. The summed E-state index contributed by atoms with van der Waals surface area (Å²) in [5.74, 6) is 1.44. The van der Waals surface area contributed by atoms with Crippen molar-refractivity contribution in [3.05, 3.63) is 23.4 Å². The van der Waals surface area contributed by atoms with Gasteiger partial charge in [0.05, 0.1) is 23.1 Å². The minimum absolute atomic E-state index is 0.345. The van der Waals surface area contributed by atoms with Crippen LogP contribution in [0.5, 0.6) is 0 Å². The minimum atomic E-state index is -0.345. The van der Waals surface area contributed by atoms with Gasteiger partial charge in [0, 0.05) is 18.3 Å². The van der Waals surface area contributed by atoms with E-state index in [-0.39, 0.29) is 5.54 Å². The molecule has 0 aromatic carbocycles. The van der Waals surface area contributed by atoms with Crippen molar-refractivity contribution in [1.29, 1.82) is 0 Å². The Morgan fingerprint density at radius 3 is 2.63 bits per heavy atom. The van der Waals surface area contributed by atoms with Gasteiger partial charge in [-0.1, -0.05) is 0 Å². The molecule has 3 N–H and O–H groups in total. The van der Waals surface area contributed by atoms with Crippen LogP contribution in [0.1, 0.15) is 37.0 Å². The second kappa shape index (κ2) is 3.93. The molecular weight excluding hydrogens is 238 g/mol. The third kappa shape index (κ3) is 1.89. The highest BCUT2D eigenvalue weighted by molar-refractivity contribution is 5.64. The van der Waals surface area contributed by atoms with Crippen molar-refractivity contribution in [1.82, 2.24) is 19.7 Å². The summed E-state index contributed by atoms with van der Waals surface area (Å²) >= 11 is 0. The normalized spacial score (nSPS) is 18.6. The largest absolute Gasteiger partial charge is 0.340 e. The van der Waals surface area contributed by atoms with Gasteiger partial charge in [0.2, 0.25) is 0 Å². The molecule has 5 heteroatoms. The molecule has 1 saturated carbocycles. The Kier molecular flexibility index (Phi) is 2.57. The van der Waals surface area contributed by atoms with Crippen LogP contribution in [0.15, 0.2) is 6.20 Å². The molecule has 1 fully saturated rings. The second-order valence-electron chi connectivity index (χ2n) is 5.87. The van der Waals surface area contributed by atoms with E-state index in [0.29, 0.717) is 5.92 Å². The zero-order valence-electron chi connectivity index (χ0n) is 12.0. The molecule has 0 bridgehead atoms. The molecule has 19 heavy (non-hydrogen) atoms. The molecule has 102 valence electrons. The van der Waals surface area contributed by atoms with Crippen LogP contribution in [0.25, 0.3) is 11.3 Å². The van der Waals surface area contributed by atoms with Gasteiger partial charge < -0.3 is 10.7 Å². The Labute approximate surface area is 113 Å². The van der Waals surface area contributed by atoms with E-state index in [1.807, 2.05) is 24.9 Å². The van der Waals surface area contributed by atoms with E-state index in [2.05, 4.69) is 28.9 Å². The maximum Gasteiger partial charge on any atom is 0.126 e. The molecule has 0 spiro atoms. The maximum absolute atomic E-state index is 6.40. The van der Waals surface area contributed by atoms with Crippen molar-refractivity contribution in [2.24, 2.45) is 18.7 Å². The summed E-state index contributed by atoms with van der Waals surface area (Å²) in [4.78, 5) is 7.90. The number of hydrogen-bond donors (Lipinski definition) is 2. The summed E-state index contributed by atoms with van der Waals surface area (Å²) in [5.41, 5.74) is 10.3. The molecule has 0 amide bonds. The summed E-state index contributed by atoms with van der Waals surface area (Å²) in [6, 6.07) is 0. The highest BCUT2D eigenvalue weighted by Gasteiger charge is 2.41. The number of aryl methyl sites for hydroxylation is 2. The number of aromatic amines is 1. The van der Waals surface area contributed by atoms with Crippen molar-refractivity contribution in [3.8, 4) is 11.3 Å². The number of nitrogens with zero attached hydrogens (tertiary/aromatic N) is 3. The summed E-state index contributed by atoms with van der Waals surface area (Å²) in [6.07, 6.45) is 4.28. The smallest absolute Gasteiger partial charge is 0.126 e. The molecule has 5 nitrogen and oxygen atoms in total. The van der Waals surface area contributed by atoms with Crippen molar-refractivity contribution in [2.75, 3.05) is 0 Å². The monoisotopic (exact) mass is 259 g/mol. The lowest BCUT2D eigenvalue weighted by atomic mass is 9.97. The lowest BCUT2D eigenvalue weighted by Crippen LogP contribution is -2.36. The lowest BCUT2D eigenvalue weighted by molar-refractivity contribution is 0.404. The Hall–Kier alpha value is -1.62. The number of nitrogens with one attached hydrogen (secondary N) is 1. The third-order valence-corrected chi connectivity index (χ3v) is 4.29. The van der Waals surface area contributed by atoms with Gasteiger partial charge in [-0.05, 0) is 39.5 Å². The highest BCUT2D eigenvalue weighted by atomic mass is 15.3. The predicted octanol–water partition coefficient (Wildman–Crippen LogP) is 2.01. The molecule has 1 unspecified atom stereocenters. The van der Waals surface area contributed by atoms with Gasteiger partial charge in [-0.25, -0.2) is 4.98 Å². The van der Waals surface area contributed by atoms with Crippen molar-refractivity contribution < 1.29 is 0 Å². The van der Waals surface area contributed by atoms with Gasteiger partial charge >= 0.3 is 0 Å². The number of H-pyrrole nitrogens is 1. The SMILES string of the molecule is Cc1nn(C)c(C)c1-c1cnc(C(C)(N)C2CC2)[nH]1. The molecule has 2 aromatic heterocycles. The zero-order valence-corrected chi connectivity index (χ0v) is 12.0. The first kappa shape index (κ1) is 12.4. The average Bonchev–Trinajstić information content (AvgIpc) is 3.04. The number of rotatable bonds is 3. The molecule has 0 radical (unpaired) electrons. The fourth-order valence-electron chi connectivity index (χ4n) is 2.76. The molecule has 2 heterocycles. The van der Waals surface area contributed by atoms with E-state index in [0.717, 1.165) is 28.5 Å². The summed E-state index contributed by atoms with van der Waals surface area (Å²) < 4.78 is 1.90. The van der Waals surface area contributed by atoms with Crippen LogP contribution in [0.2, 0.25) is 0 Å². The first-order valence-corrected chi connectivity index (χ1v) is 6.76. The predicted molar refractivity (Wildman–Crippen MR) is 74.5 cm³/mol. The van der Waals surface area contributed by atoms with Crippen molar-refractivity contribution in [2.45, 2.75) is 39.2 Å². The lowest BCUT2D eigenvalue weighted by Gasteiger charge is -2.21. The Morgan fingerprint density at radius 2 is 2.11 bits per heavy atom. The average molecular weight is 259 g/mol. The second-order valence-corrected chi connectivity index (χ2v) is 5.87. The fourth-order valence-corrected chi connectivity index (χ4v) is 2.76. The molecule has 2 aromatic rings. The maximum atomic E-state index is 6.40. The number of nitrogens with two attached hydrogens (primary N) is 1. The molecule has 0 aliphatic heterocycles. The third-order valence-electron chi connectivity index (χ3n) is 4.29. The van der Waals surface area contributed by atoms with Crippen LogP contribution < -0.4 is 5.73 Å². The Bertz CT molecular complexity index is 616. The van der Waals surface area contributed by atoms with E-state index >= 15 is 0 Å². The van der Waals surface area contributed by atoms with E-state index in [4.69, 9.17) is 5.73 Å². The Morgan fingerprint density at radius 1 is 1.42 bits per heavy atom. The minimum Gasteiger partial charge on any atom is -0.340 e. The van der Waals surface area contributed by atoms with Gasteiger partial charge in [0.25, 0.3) is 0 Å². The topological polar surface area (TPSA) is 72.5 Å². The van der Waals surface area contributed by atoms with Crippen LogP contribution >= 0.6 is 0 Å². The van der Waals surface area contributed by atoms with Gasteiger partial charge in [0.1, 0.15) is 5.82 Å². The molecule has 3 rings (SSSR count). The molecule has 1 aliphatic rings. The number of imidazole rings is 1. The van der Waals surface area contributed by atoms with Crippen LogP contribution in [-0.2, 0) is 12.6 Å². The van der Waals surface area contributed by atoms with Crippen LogP contribution in [-0.4, -0.2) is 19.7 Å². The summed E-state index contributed by atoms with van der Waals surface area (Å²) in [5, 5.41) is 4.44. The summed E-state index contributed by atoms with van der Waals surface area (Å²) in [7, 11) is 1.96. The number of hydrogen-bond acceptors (Lipinski definition) is 3. The highest BCUT2D eigenvalue weighted by Crippen LogP contribution is 2.43. The zero-order chi connectivity index (χ0) is 13.8. The van der Waals surface area contributed by atoms with Crippen molar-refractivity contribution in [3.63, 3.8) is 0 Å². The Balaban J connectivity index is 2.01. The standard InChI is InChI=1S/C14H21N5/c1-8-12(9(2)19(4)18-8)11-7-16-13(17-11)14(3,15)10-5-6-10/h7,10H,5-6,15H2,1-4H3,(H,16,17). The molecular formula is C14H21N5. The first-order valence-electron chi connectivity index (χ1n) is 6.76. The van der Waals surface area contributed by atoms with Gasteiger partial charge in [0.15, 0.2) is 0 Å². The van der Waals surface area contributed by atoms with Crippen LogP contribution in [0.3, 0.4) is 0 Å². The van der Waals surface area contributed by atoms with Crippen LogP contribution in [0.4, 0.5) is 0 Å². The van der Waals surface area contributed by atoms with Gasteiger partial charge in [-0.2, -0.15) is 5.10 Å². The van der Waals surface area contributed by atoms with Crippen LogP contribution in [0, 0.1) is 19.8 Å². The van der Waals surface area contributed by atoms with E-state index in [1.54, 1.807) is 0 Å². The quantitative estimate of drug-likeness (QED) is 0.885. The molecule has 1 atom stereocenters. The van der Waals surface area contributed by atoms with E-state index < -0.39 is 0 Å². The van der Waals surface area contributed by atoms with E-state index in [9.17, 15) is 0 Å². The van der Waals surface area contributed by atoms with E-state index in [1.165, 1.54) is 12.8 Å². The van der Waals surface area contributed by atoms with Crippen molar-refractivity contribution >= 4 is 0 Å². The fraction of sp³-hybridized carbons (Fsp3) is 0.571. The molecule has 1 aliphatic carbocycles.